The molecule has 4 rings (SSSR count). The number of nitrogens with one attached hydrogen (secondary N) is 2. The standard InChI is InChI=1S/C19H20F3N5/c20-19(21,22)13-2-1-3-14(10-13)26-11-18(23)6-9-27(12-18)16-5-8-25-17-15(16)4-7-24-17/h1-5,7-8,10,26H,6,9,11-12,23H2,(H,24,25). The molecule has 142 valence electrons. The molecule has 1 aromatic carbocycles. The maximum absolute atomic E-state index is 12.9. The molecule has 5 nitrogen and oxygen atoms in total. The number of hydrogen-bond acceptors (Lipinski definition) is 4. The minimum atomic E-state index is -4.36. The molecule has 0 saturated carbocycles. The summed E-state index contributed by atoms with van der Waals surface area (Å²) in [5.41, 5.74) is 7.64. The highest BCUT2D eigenvalue weighted by Crippen LogP contribution is 2.32. The number of anilines is 2. The fraction of sp³-hybridized carbons (Fsp3) is 0.316. The van der Waals surface area contributed by atoms with E-state index in [0.29, 0.717) is 18.8 Å². The highest BCUT2D eigenvalue weighted by atomic mass is 19.4. The number of nitrogens with two attached hydrogens (primary N) is 1. The van der Waals surface area contributed by atoms with Crippen LogP contribution in [0.5, 0.6) is 0 Å². The molecule has 0 aliphatic carbocycles. The number of rotatable bonds is 4. The van der Waals surface area contributed by atoms with Crippen LogP contribution in [0.3, 0.4) is 0 Å². The van der Waals surface area contributed by atoms with Crippen molar-refractivity contribution in [1.82, 2.24) is 9.97 Å². The molecule has 1 fully saturated rings. The maximum atomic E-state index is 12.9. The Kier molecular flexibility index (Phi) is 4.22. The summed E-state index contributed by atoms with van der Waals surface area (Å²) in [7, 11) is 0. The van der Waals surface area contributed by atoms with Crippen molar-refractivity contribution in [3.8, 4) is 0 Å². The number of halogens is 3. The molecule has 4 N–H and O–H groups in total. The van der Waals surface area contributed by atoms with Gasteiger partial charge in [0.1, 0.15) is 5.65 Å². The second-order valence-electron chi connectivity index (χ2n) is 7.04. The van der Waals surface area contributed by atoms with Crippen LogP contribution >= 0.6 is 0 Å². The predicted octanol–water partition coefficient (Wildman–Crippen LogP) is 3.60. The fourth-order valence-electron chi connectivity index (χ4n) is 3.55. The minimum absolute atomic E-state index is 0.395. The topological polar surface area (TPSA) is 70.0 Å². The molecule has 0 amide bonds. The quantitative estimate of drug-likeness (QED) is 0.652. The Hall–Kier alpha value is -2.74. The normalized spacial score (nSPS) is 20.4. The largest absolute Gasteiger partial charge is 0.416 e. The van der Waals surface area contributed by atoms with Gasteiger partial charge in [0.2, 0.25) is 0 Å². The first-order chi connectivity index (χ1) is 12.8. The summed E-state index contributed by atoms with van der Waals surface area (Å²) in [6, 6.07) is 9.14. The highest BCUT2D eigenvalue weighted by Gasteiger charge is 2.35. The van der Waals surface area contributed by atoms with Gasteiger partial charge in [-0.15, -0.1) is 0 Å². The summed E-state index contributed by atoms with van der Waals surface area (Å²) in [4.78, 5) is 9.59. The lowest BCUT2D eigenvalue weighted by molar-refractivity contribution is -0.137. The summed E-state index contributed by atoms with van der Waals surface area (Å²) in [6.07, 6.45) is -0.00752. The number of aromatic amines is 1. The van der Waals surface area contributed by atoms with Crippen LogP contribution in [0, 0.1) is 0 Å². The van der Waals surface area contributed by atoms with Crippen LogP contribution in [0.4, 0.5) is 24.5 Å². The van der Waals surface area contributed by atoms with Gasteiger partial charge in [-0.1, -0.05) is 6.07 Å². The number of alkyl halides is 3. The van der Waals surface area contributed by atoms with Gasteiger partial charge in [-0.25, -0.2) is 4.98 Å². The van der Waals surface area contributed by atoms with Gasteiger partial charge in [-0.3, -0.25) is 0 Å². The number of hydrogen-bond donors (Lipinski definition) is 3. The van der Waals surface area contributed by atoms with E-state index in [-0.39, 0.29) is 0 Å². The molecule has 8 heteroatoms. The van der Waals surface area contributed by atoms with Crippen LogP contribution in [0.1, 0.15) is 12.0 Å². The summed E-state index contributed by atoms with van der Waals surface area (Å²) < 4.78 is 38.6. The zero-order valence-corrected chi connectivity index (χ0v) is 14.6. The number of H-pyrrole nitrogens is 1. The van der Waals surface area contributed by atoms with Crippen LogP contribution < -0.4 is 16.0 Å². The van der Waals surface area contributed by atoms with Crippen LogP contribution in [-0.2, 0) is 6.18 Å². The Morgan fingerprint density at radius 2 is 2.11 bits per heavy atom. The van der Waals surface area contributed by atoms with E-state index in [4.69, 9.17) is 5.73 Å². The second kappa shape index (κ2) is 6.45. The van der Waals surface area contributed by atoms with Crippen LogP contribution in [0.25, 0.3) is 11.0 Å². The summed E-state index contributed by atoms with van der Waals surface area (Å²) in [5.74, 6) is 0. The third kappa shape index (κ3) is 3.57. The molecule has 3 heterocycles. The molecule has 3 aromatic rings. The maximum Gasteiger partial charge on any atom is 0.416 e. The number of aromatic nitrogens is 2. The van der Waals surface area contributed by atoms with Gasteiger partial charge in [0, 0.05) is 48.8 Å². The fourth-order valence-corrected chi connectivity index (χ4v) is 3.55. The van der Waals surface area contributed by atoms with Crippen molar-refractivity contribution in [3.63, 3.8) is 0 Å². The Labute approximate surface area is 154 Å². The molecule has 0 spiro atoms. The van der Waals surface area contributed by atoms with E-state index >= 15 is 0 Å². The number of pyridine rings is 1. The zero-order chi connectivity index (χ0) is 19.1. The van der Waals surface area contributed by atoms with E-state index in [1.807, 2.05) is 18.3 Å². The average molecular weight is 375 g/mol. The van der Waals surface area contributed by atoms with Gasteiger partial charge in [0.25, 0.3) is 0 Å². The van der Waals surface area contributed by atoms with Gasteiger partial charge in [0.05, 0.1) is 11.1 Å². The Morgan fingerprint density at radius 1 is 1.26 bits per heavy atom. The van der Waals surface area contributed by atoms with Gasteiger partial charge in [0.15, 0.2) is 0 Å². The van der Waals surface area contributed by atoms with E-state index in [2.05, 4.69) is 20.2 Å². The molecule has 1 atom stereocenters. The lowest BCUT2D eigenvalue weighted by atomic mass is 10.00. The van der Waals surface area contributed by atoms with Gasteiger partial charge in [-0.05, 0) is 36.8 Å². The first kappa shape index (κ1) is 17.7. The van der Waals surface area contributed by atoms with E-state index in [1.165, 1.54) is 6.07 Å². The third-order valence-electron chi connectivity index (χ3n) is 5.00. The summed E-state index contributed by atoms with van der Waals surface area (Å²) in [6.45, 7) is 1.79. The molecular formula is C19H20F3N5. The van der Waals surface area contributed by atoms with Crippen molar-refractivity contribution in [2.45, 2.75) is 18.1 Å². The minimum Gasteiger partial charge on any atom is -0.383 e. The molecule has 1 unspecified atom stereocenters. The van der Waals surface area contributed by atoms with Crippen molar-refractivity contribution in [1.29, 1.82) is 0 Å². The number of nitrogens with zero attached hydrogens (tertiary/aromatic N) is 2. The SMILES string of the molecule is NC1(CNc2cccc(C(F)(F)F)c2)CCN(c2ccnc3[nH]ccc23)C1. The van der Waals surface area contributed by atoms with Crippen molar-refractivity contribution in [2.24, 2.45) is 5.73 Å². The van der Waals surface area contributed by atoms with Crippen molar-refractivity contribution in [2.75, 3.05) is 29.9 Å². The number of fused-ring (bicyclic) bond motifs is 1. The van der Waals surface area contributed by atoms with E-state index in [1.54, 1.807) is 12.3 Å². The first-order valence-corrected chi connectivity index (χ1v) is 8.71. The molecule has 2 aromatic heterocycles. The summed E-state index contributed by atoms with van der Waals surface area (Å²) >= 11 is 0. The van der Waals surface area contributed by atoms with E-state index in [0.717, 1.165) is 41.8 Å². The molecular weight excluding hydrogens is 355 g/mol. The van der Waals surface area contributed by atoms with Crippen molar-refractivity contribution < 1.29 is 13.2 Å². The Balaban J connectivity index is 1.46. The molecule has 27 heavy (non-hydrogen) atoms. The predicted molar refractivity (Wildman–Crippen MR) is 99.8 cm³/mol. The molecule has 1 aliphatic rings. The van der Waals surface area contributed by atoms with Crippen LogP contribution in [0.2, 0.25) is 0 Å². The van der Waals surface area contributed by atoms with Crippen molar-refractivity contribution in [3.05, 3.63) is 54.4 Å². The highest BCUT2D eigenvalue weighted by molar-refractivity contribution is 5.89. The van der Waals surface area contributed by atoms with Gasteiger partial charge < -0.3 is 20.9 Å². The molecule has 1 saturated heterocycles. The second-order valence-corrected chi connectivity index (χ2v) is 7.04. The average Bonchev–Trinajstić information content (AvgIpc) is 3.26. The monoisotopic (exact) mass is 375 g/mol. The molecule has 0 bridgehead atoms. The third-order valence-corrected chi connectivity index (χ3v) is 5.00. The van der Waals surface area contributed by atoms with Crippen molar-refractivity contribution >= 4 is 22.4 Å². The van der Waals surface area contributed by atoms with Crippen LogP contribution in [0.15, 0.2) is 48.8 Å². The zero-order valence-electron chi connectivity index (χ0n) is 14.6. The van der Waals surface area contributed by atoms with E-state index in [9.17, 15) is 13.2 Å². The molecule has 0 radical (unpaired) electrons. The first-order valence-electron chi connectivity index (χ1n) is 8.71. The Bertz CT molecular complexity index is 952. The smallest absolute Gasteiger partial charge is 0.383 e. The van der Waals surface area contributed by atoms with Gasteiger partial charge in [-0.2, -0.15) is 13.2 Å². The Morgan fingerprint density at radius 3 is 2.93 bits per heavy atom. The van der Waals surface area contributed by atoms with Gasteiger partial charge >= 0.3 is 6.18 Å². The van der Waals surface area contributed by atoms with Crippen LogP contribution in [-0.4, -0.2) is 35.1 Å². The molecule has 1 aliphatic heterocycles. The lowest BCUT2D eigenvalue weighted by Gasteiger charge is -2.26. The summed E-state index contributed by atoms with van der Waals surface area (Å²) in [5, 5.41) is 4.11. The number of benzene rings is 1. The van der Waals surface area contributed by atoms with E-state index < -0.39 is 17.3 Å². The lowest BCUT2D eigenvalue weighted by Crippen LogP contribution is -2.48.